The standard InChI is InChI=1S/C14H27F2N/c1-11(2)9-17-10-12(3)7-13-5-4-6-14(15,16)8-13/h11-13,17H,4-10H2,1-3H3. The summed E-state index contributed by atoms with van der Waals surface area (Å²) in [5.74, 6) is -1.00. The van der Waals surface area contributed by atoms with Crippen LogP contribution in [0.2, 0.25) is 0 Å². The summed E-state index contributed by atoms with van der Waals surface area (Å²) in [5, 5.41) is 3.41. The molecule has 2 atom stereocenters. The van der Waals surface area contributed by atoms with Gasteiger partial charge in [-0.25, -0.2) is 8.78 Å². The smallest absolute Gasteiger partial charge is 0.248 e. The molecule has 0 aliphatic heterocycles. The number of rotatable bonds is 6. The lowest BCUT2D eigenvalue weighted by atomic mass is 9.81. The van der Waals surface area contributed by atoms with Crippen LogP contribution < -0.4 is 5.32 Å². The first-order chi connectivity index (χ1) is 7.89. The van der Waals surface area contributed by atoms with Crippen LogP contribution in [0.15, 0.2) is 0 Å². The van der Waals surface area contributed by atoms with Gasteiger partial charge in [-0.15, -0.1) is 0 Å². The van der Waals surface area contributed by atoms with E-state index in [1.165, 1.54) is 0 Å². The third kappa shape index (κ3) is 6.35. The van der Waals surface area contributed by atoms with Crippen molar-refractivity contribution in [3.8, 4) is 0 Å². The van der Waals surface area contributed by atoms with Crippen molar-refractivity contribution in [2.45, 2.75) is 58.8 Å². The molecule has 1 saturated carbocycles. The van der Waals surface area contributed by atoms with Gasteiger partial charge < -0.3 is 5.32 Å². The Labute approximate surface area is 104 Å². The molecular weight excluding hydrogens is 220 g/mol. The van der Waals surface area contributed by atoms with Gasteiger partial charge in [0.1, 0.15) is 0 Å². The van der Waals surface area contributed by atoms with Gasteiger partial charge in [0.2, 0.25) is 5.92 Å². The van der Waals surface area contributed by atoms with Crippen molar-refractivity contribution >= 4 is 0 Å². The zero-order valence-electron chi connectivity index (χ0n) is 11.4. The van der Waals surface area contributed by atoms with Crippen molar-refractivity contribution in [2.24, 2.45) is 17.8 Å². The highest BCUT2D eigenvalue weighted by molar-refractivity contribution is 4.79. The molecule has 1 N–H and O–H groups in total. The quantitative estimate of drug-likeness (QED) is 0.745. The van der Waals surface area contributed by atoms with Gasteiger partial charge in [-0.1, -0.05) is 27.2 Å². The maximum Gasteiger partial charge on any atom is 0.248 e. The zero-order valence-corrected chi connectivity index (χ0v) is 11.4. The minimum absolute atomic E-state index is 0.101. The fourth-order valence-electron chi connectivity index (χ4n) is 2.75. The SMILES string of the molecule is CC(C)CNCC(C)CC1CCCC(F)(F)C1. The van der Waals surface area contributed by atoms with Gasteiger partial charge in [-0.3, -0.25) is 0 Å². The van der Waals surface area contributed by atoms with Crippen LogP contribution in [0.4, 0.5) is 8.78 Å². The lowest BCUT2D eigenvalue weighted by Gasteiger charge is -2.30. The largest absolute Gasteiger partial charge is 0.316 e. The Morgan fingerprint density at radius 1 is 1.24 bits per heavy atom. The first kappa shape index (κ1) is 14.9. The van der Waals surface area contributed by atoms with E-state index in [2.05, 4.69) is 26.1 Å². The van der Waals surface area contributed by atoms with Crippen LogP contribution in [0.1, 0.15) is 52.9 Å². The fraction of sp³-hybridized carbons (Fsp3) is 1.00. The Bertz CT molecular complexity index is 216. The third-order valence-electron chi connectivity index (χ3n) is 3.52. The first-order valence-electron chi connectivity index (χ1n) is 6.97. The highest BCUT2D eigenvalue weighted by Crippen LogP contribution is 2.39. The highest BCUT2D eigenvalue weighted by atomic mass is 19.3. The molecule has 102 valence electrons. The summed E-state index contributed by atoms with van der Waals surface area (Å²) in [7, 11) is 0. The number of hydrogen-bond acceptors (Lipinski definition) is 1. The Morgan fingerprint density at radius 2 is 1.94 bits per heavy atom. The summed E-state index contributed by atoms with van der Waals surface area (Å²) in [4.78, 5) is 0. The second kappa shape index (κ2) is 6.67. The van der Waals surface area contributed by atoms with Crippen molar-refractivity contribution in [3.05, 3.63) is 0 Å². The predicted octanol–water partition coefficient (Wildman–Crippen LogP) is 4.08. The van der Waals surface area contributed by atoms with E-state index >= 15 is 0 Å². The van der Waals surface area contributed by atoms with Crippen molar-refractivity contribution in [2.75, 3.05) is 13.1 Å². The van der Waals surface area contributed by atoms with Crippen LogP contribution >= 0.6 is 0 Å². The molecule has 1 rings (SSSR count). The van der Waals surface area contributed by atoms with Crippen LogP contribution in [-0.4, -0.2) is 19.0 Å². The Kier molecular flexibility index (Phi) is 5.84. The summed E-state index contributed by atoms with van der Waals surface area (Å²) >= 11 is 0. The minimum atomic E-state index is -2.39. The normalized spacial score (nSPS) is 26.1. The Balaban J connectivity index is 2.19. The molecule has 0 bridgehead atoms. The van der Waals surface area contributed by atoms with E-state index in [-0.39, 0.29) is 18.8 Å². The van der Waals surface area contributed by atoms with Gasteiger partial charge in [0.15, 0.2) is 0 Å². The van der Waals surface area contributed by atoms with E-state index in [1.54, 1.807) is 0 Å². The van der Waals surface area contributed by atoms with Crippen molar-refractivity contribution < 1.29 is 8.78 Å². The highest BCUT2D eigenvalue weighted by Gasteiger charge is 2.36. The molecule has 0 spiro atoms. The molecule has 0 aromatic carbocycles. The molecule has 1 fully saturated rings. The number of alkyl halides is 2. The third-order valence-corrected chi connectivity index (χ3v) is 3.52. The monoisotopic (exact) mass is 247 g/mol. The van der Waals surface area contributed by atoms with Gasteiger partial charge in [0.25, 0.3) is 0 Å². The molecule has 1 aliphatic rings. The molecule has 2 unspecified atom stereocenters. The second-order valence-electron chi connectivity index (χ2n) is 6.21. The van der Waals surface area contributed by atoms with Gasteiger partial charge in [-0.05, 0) is 43.7 Å². The van der Waals surface area contributed by atoms with Gasteiger partial charge >= 0.3 is 0 Å². The van der Waals surface area contributed by atoms with Crippen LogP contribution in [0, 0.1) is 17.8 Å². The fourth-order valence-corrected chi connectivity index (χ4v) is 2.75. The van der Waals surface area contributed by atoms with E-state index in [0.717, 1.165) is 25.9 Å². The molecule has 0 amide bonds. The molecule has 1 aliphatic carbocycles. The molecular formula is C14H27F2N. The first-order valence-corrected chi connectivity index (χ1v) is 6.97. The van der Waals surface area contributed by atoms with Crippen molar-refractivity contribution in [1.82, 2.24) is 5.32 Å². The van der Waals surface area contributed by atoms with E-state index in [4.69, 9.17) is 0 Å². The van der Waals surface area contributed by atoms with Crippen molar-refractivity contribution in [1.29, 1.82) is 0 Å². The Morgan fingerprint density at radius 3 is 2.53 bits per heavy atom. The van der Waals surface area contributed by atoms with Crippen LogP contribution in [0.5, 0.6) is 0 Å². The maximum absolute atomic E-state index is 13.2. The number of halogens is 2. The molecule has 3 heteroatoms. The Hall–Kier alpha value is -0.180. The molecule has 17 heavy (non-hydrogen) atoms. The summed E-state index contributed by atoms with van der Waals surface area (Å²) in [6.07, 6.45) is 2.85. The average Bonchev–Trinajstić information content (AvgIpc) is 2.14. The lowest BCUT2D eigenvalue weighted by Crippen LogP contribution is -2.30. The molecule has 0 heterocycles. The lowest BCUT2D eigenvalue weighted by molar-refractivity contribution is -0.0553. The molecule has 0 aromatic rings. The van der Waals surface area contributed by atoms with Crippen LogP contribution in [-0.2, 0) is 0 Å². The van der Waals surface area contributed by atoms with Gasteiger partial charge in [0, 0.05) is 12.8 Å². The van der Waals surface area contributed by atoms with E-state index in [9.17, 15) is 8.78 Å². The predicted molar refractivity (Wildman–Crippen MR) is 68.4 cm³/mol. The molecule has 0 radical (unpaired) electrons. The zero-order chi connectivity index (χ0) is 12.9. The molecule has 0 aromatic heterocycles. The number of nitrogens with one attached hydrogen (secondary N) is 1. The average molecular weight is 247 g/mol. The van der Waals surface area contributed by atoms with E-state index in [1.807, 2.05) is 0 Å². The molecule has 1 nitrogen and oxygen atoms in total. The topological polar surface area (TPSA) is 12.0 Å². The maximum atomic E-state index is 13.2. The van der Waals surface area contributed by atoms with Crippen molar-refractivity contribution in [3.63, 3.8) is 0 Å². The molecule has 0 saturated heterocycles. The van der Waals surface area contributed by atoms with Crippen LogP contribution in [0.3, 0.4) is 0 Å². The summed E-state index contributed by atoms with van der Waals surface area (Å²) in [6.45, 7) is 8.50. The summed E-state index contributed by atoms with van der Waals surface area (Å²) < 4.78 is 26.5. The van der Waals surface area contributed by atoms with Gasteiger partial charge in [0.05, 0.1) is 0 Å². The summed E-state index contributed by atoms with van der Waals surface area (Å²) in [6, 6.07) is 0. The van der Waals surface area contributed by atoms with Gasteiger partial charge in [-0.2, -0.15) is 0 Å². The second-order valence-corrected chi connectivity index (χ2v) is 6.21. The van der Waals surface area contributed by atoms with E-state index < -0.39 is 5.92 Å². The van der Waals surface area contributed by atoms with Crippen LogP contribution in [0.25, 0.3) is 0 Å². The summed E-state index contributed by atoms with van der Waals surface area (Å²) in [5.41, 5.74) is 0. The number of hydrogen-bond donors (Lipinski definition) is 1. The van der Waals surface area contributed by atoms with E-state index in [0.29, 0.717) is 18.3 Å². The minimum Gasteiger partial charge on any atom is -0.316 e.